The summed E-state index contributed by atoms with van der Waals surface area (Å²) in [4.78, 5) is 17.1. The van der Waals surface area contributed by atoms with Crippen molar-refractivity contribution in [1.29, 1.82) is 0 Å². The first-order valence-corrected chi connectivity index (χ1v) is 2.75. The molecule has 5 nitrogen and oxygen atoms in total. The van der Waals surface area contributed by atoms with Crippen LogP contribution in [-0.4, -0.2) is 20.2 Å². The van der Waals surface area contributed by atoms with E-state index < -0.39 is 0 Å². The Morgan fingerprint density at radius 2 is 2.36 bits per heavy atom. The maximum absolute atomic E-state index is 10.9. The predicted molar refractivity (Wildman–Crippen MR) is 35.6 cm³/mol. The van der Waals surface area contributed by atoms with E-state index in [1.807, 2.05) is 0 Å². The van der Waals surface area contributed by atoms with Gasteiger partial charge in [-0.3, -0.25) is 9.89 Å². The number of hydrogen-bond donors (Lipinski definition) is 2. The molecule has 0 radical (unpaired) electrons. The molecule has 0 unspecified atom stereocenters. The molecule has 0 saturated carbocycles. The third-order valence-electron chi connectivity index (χ3n) is 1.25. The van der Waals surface area contributed by atoms with Crippen molar-refractivity contribution in [2.75, 3.05) is 0 Å². The maximum Gasteiger partial charge on any atom is 1.00 e. The van der Waals surface area contributed by atoms with Gasteiger partial charge in [0.05, 0.1) is 12.5 Å². The summed E-state index contributed by atoms with van der Waals surface area (Å²) in [5.41, 5.74) is 0.350. The molecule has 0 atom stereocenters. The fourth-order valence-corrected chi connectivity index (χ4v) is 0.777. The third-order valence-corrected chi connectivity index (χ3v) is 1.25. The standard InChI is InChI=1S/C5H4N4O.K.H/c10-5-3-1-8-9-4(3)6-2-7-5;;/h1-2H,(H2,6,7,8,9,10);;/q;+1;-1. The van der Waals surface area contributed by atoms with Crippen LogP contribution >= 0.6 is 0 Å². The van der Waals surface area contributed by atoms with Crippen LogP contribution in [0.2, 0.25) is 0 Å². The minimum Gasteiger partial charge on any atom is -1.00 e. The van der Waals surface area contributed by atoms with E-state index in [0.717, 1.165) is 0 Å². The number of nitrogens with zero attached hydrogens (tertiary/aromatic N) is 2. The molecule has 0 fully saturated rings. The molecular formula is C5H5KN4O. The zero-order valence-electron chi connectivity index (χ0n) is 6.96. The van der Waals surface area contributed by atoms with E-state index in [0.29, 0.717) is 11.0 Å². The zero-order chi connectivity index (χ0) is 6.97. The van der Waals surface area contributed by atoms with E-state index in [9.17, 15) is 4.79 Å². The molecule has 0 bridgehead atoms. The number of nitrogens with one attached hydrogen (secondary N) is 2. The van der Waals surface area contributed by atoms with Gasteiger partial charge in [-0.15, -0.1) is 0 Å². The second-order valence-electron chi connectivity index (χ2n) is 1.86. The molecule has 0 aliphatic rings. The number of fused-ring (bicyclic) bond motifs is 1. The van der Waals surface area contributed by atoms with E-state index in [1.165, 1.54) is 12.5 Å². The summed E-state index contributed by atoms with van der Waals surface area (Å²) in [6, 6.07) is 0. The van der Waals surface area contributed by atoms with Crippen LogP contribution in [0.5, 0.6) is 0 Å². The van der Waals surface area contributed by atoms with Gasteiger partial charge in [0.15, 0.2) is 5.65 Å². The first-order valence-electron chi connectivity index (χ1n) is 2.75. The summed E-state index contributed by atoms with van der Waals surface area (Å²) < 4.78 is 0. The van der Waals surface area contributed by atoms with Crippen molar-refractivity contribution in [2.45, 2.75) is 0 Å². The van der Waals surface area contributed by atoms with Crippen molar-refractivity contribution in [3.8, 4) is 0 Å². The molecule has 2 aromatic rings. The van der Waals surface area contributed by atoms with Gasteiger partial charge in [0.2, 0.25) is 0 Å². The molecule has 0 aromatic carbocycles. The van der Waals surface area contributed by atoms with Crippen LogP contribution in [0.1, 0.15) is 1.43 Å². The van der Waals surface area contributed by atoms with Crippen LogP contribution in [0.25, 0.3) is 11.0 Å². The fourth-order valence-electron chi connectivity index (χ4n) is 0.777. The SMILES string of the molecule is O=c1[nH]cnc2[nH]ncc12.[H-].[K+]. The first-order chi connectivity index (χ1) is 4.88. The minimum atomic E-state index is -0.168. The van der Waals surface area contributed by atoms with E-state index >= 15 is 0 Å². The van der Waals surface area contributed by atoms with Gasteiger partial charge in [0.25, 0.3) is 5.56 Å². The topological polar surface area (TPSA) is 74.4 Å². The van der Waals surface area contributed by atoms with Gasteiger partial charge in [-0.05, 0) is 0 Å². The largest absolute Gasteiger partial charge is 1.00 e. The van der Waals surface area contributed by atoms with Crippen LogP contribution in [0.15, 0.2) is 17.3 Å². The minimum absolute atomic E-state index is 0. The fraction of sp³-hybridized carbons (Fsp3) is 0. The zero-order valence-corrected chi connectivity index (χ0v) is 9.08. The predicted octanol–water partition coefficient (Wildman–Crippen LogP) is -3.24. The first kappa shape index (κ1) is 9.08. The number of hydrogen-bond acceptors (Lipinski definition) is 3. The maximum atomic E-state index is 10.9. The molecule has 2 N–H and O–H groups in total. The van der Waals surface area contributed by atoms with Crippen LogP contribution < -0.4 is 56.9 Å². The molecule has 0 saturated heterocycles. The summed E-state index contributed by atoms with van der Waals surface area (Å²) in [5, 5.41) is 6.72. The Balaban J connectivity index is 0.000000605. The molecule has 2 heterocycles. The van der Waals surface area contributed by atoms with Crippen LogP contribution in [-0.2, 0) is 0 Å². The van der Waals surface area contributed by atoms with Crippen molar-refractivity contribution >= 4 is 11.0 Å². The molecule has 0 spiro atoms. The Bertz CT molecular complexity index is 411. The van der Waals surface area contributed by atoms with Gasteiger partial charge < -0.3 is 6.41 Å². The number of H-pyrrole nitrogens is 2. The van der Waals surface area contributed by atoms with Crippen LogP contribution in [0.3, 0.4) is 0 Å². The van der Waals surface area contributed by atoms with Crippen molar-refractivity contribution in [1.82, 2.24) is 20.2 Å². The quantitative estimate of drug-likeness (QED) is 0.414. The van der Waals surface area contributed by atoms with Gasteiger partial charge in [-0.25, -0.2) is 4.98 Å². The summed E-state index contributed by atoms with van der Waals surface area (Å²) in [7, 11) is 0. The molecule has 0 aliphatic heterocycles. The summed E-state index contributed by atoms with van der Waals surface area (Å²) in [6.07, 6.45) is 2.78. The molecular weight excluding hydrogens is 171 g/mol. The van der Waals surface area contributed by atoms with E-state index in [-0.39, 0.29) is 58.4 Å². The molecule has 6 heteroatoms. The average molecular weight is 176 g/mol. The second kappa shape index (κ2) is 3.59. The van der Waals surface area contributed by atoms with Crippen molar-refractivity contribution in [3.63, 3.8) is 0 Å². The summed E-state index contributed by atoms with van der Waals surface area (Å²) in [6.45, 7) is 0. The molecule has 0 amide bonds. The van der Waals surface area contributed by atoms with E-state index in [4.69, 9.17) is 0 Å². The Morgan fingerprint density at radius 3 is 3.09 bits per heavy atom. The second-order valence-corrected chi connectivity index (χ2v) is 1.86. The van der Waals surface area contributed by atoms with Crippen LogP contribution in [0, 0.1) is 0 Å². The molecule has 52 valence electrons. The Hall–Kier alpha value is -0.0136. The monoisotopic (exact) mass is 176 g/mol. The average Bonchev–Trinajstić information content (AvgIpc) is 2.36. The van der Waals surface area contributed by atoms with Gasteiger partial charge in [-0.2, -0.15) is 5.10 Å². The molecule has 2 rings (SSSR count). The molecule has 0 aliphatic carbocycles. The van der Waals surface area contributed by atoms with Gasteiger partial charge >= 0.3 is 51.4 Å². The molecule has 2 aromatic heterocycles. The normalized spacial score (nSPS) is 9.45. The summed E-state index contributed by atoms with van der Waals surface area (Å²) >= 11 is 0. The van der Waals surface area contributed by atoms with E-state index in [2.05, 4.69) is 20.2 Å². The molecule has 11 heavy (non-hydrogen) atoms. The van der Waals surface area contributed by atoms with Crippen molar-refractivity contribution < 1.29 is 52.8 Å². The smallest absolute Gasteiger partial charge is 1.00 e. The number of rotatable bonds is 0. The Kier molecular flexibility index (Phi) is 2.96. The van der Waals surface area contributed by atoms with Crippen LogP contribution in [0.4, 0.5) is 0 Å². The summed E-state index contributed by atoms with van der Waals surface area (Å²) in [5.74, 6) is 0. The van der Waals surface area contributed by atoms with Crippen molar-refractivity contribution in [3.05, 3.63) is 22.9 Å². The van der Waals surface area contributed by atoms with Gasteiger partial charge in [0.1, 0.15) is 5.39 Å². The Labute approximate surface area is 106 Å². The van der Waals surface area contributed by atoms with Gasteiger partial charge in [-0.1, -0.05) is 0 Å². The third kappa shape index (κ3) is 1.59. The number of aromatic amines is 2. The number of aromatic nitrogens is 4. The van der Waals surface area contributed by atoms with Gasteiger partial charge in [0, 0.05) is 0 Å². The van der Waals surface area contributed by atoms with E-state index in [1.54, 1.807) is 0 Å². The van der Waals surface area contributed by atoms with Crippen molar-refractivity contribution in [2.24, 2.45) is 0 Å². The Morgan fingerprint density at radius 1 is 1.55 bits per heavy atom.